The number of piperazine rings is 1. The zero-order valence-corrected chi connectivity index (χ0v) is 14.5. The van der Waals surface area contributed by atoms with Crippen LogP contribution in [0.5, 0.6) is 0 Å². The van der Waals surface area contributed by atoms with E-state index in [1.807, 2.05) is 37.5 Å². The van der Waals surface area contributed by atoms with Gasteiger partial charge in [-0.3, -0.25) is 0 Å². The Hall–Kier alpha value is -2.31. The molecular formula is C17H24FN3O3. The van der Waals surface area contributed by atoms with E-state index in [1.165, 1.54) is 6.20 Å². The Bertz CT molecular complexity index is 642. The van der Waals surface area contributed by atoms with E-state index in [4.69, 9.17) is 9.84 Å². The lowest BCUT2D eigenvalue weighted by atomic mass is 10.1. The van der Waals surface area contributed by atoms with Gasteiger partial charge in [0.05, 0.1) is 5.56 Å². The minimum atomic E-state index is -1.19. The zero-order chi connectivity index (χ0) is 18.1. The SMILES string of the molecule is C=C(OC(C)(C)C)N1CCN(c2ncc(C(=O)O)cc2F)CC1C. The van der Waals surface area contributed by atoms with Crippen LogP contribution in [0, 0.1) is 5.82 Å². The number of aromatic carboxylic acids is 1. The summed E-state index contributed by atoms with van der Waals surface area (Å²) in [5, 5.41) is 8.89. The summed E-state index contributed by atoms with van der Waals surface area (Å²) >= 11 is 0. The molecule has 24 heavy (non-hydrogen) atoms. The van der Waals surface area contributed by atoms with Crippen LogP contribution in [0.25, 0.3) is 0 Å². The van der Waals surface area contributed by atoms with Crippen LogP contribution in [-0.2, 0) is 4.74 Å². The molecule has 2 heterocycles. The summed E-state index contributed by atoms with van der Waals surface area (Å²) in [6.45, 7) is 13.6. The lowest BCUT2D eigenvalue weighted by molar-refractivity contribution is -0.00922. The van der Waals surface area contributed by atoms with E-state index < -0.39 is 11.8 Å². The van der Waals surface area contributed by atoms with Gasteiger partial charge in [-0.05, 0) is 40.3 Å². The van der Waals surface area contributed by atoms with Crippen molar-refractivity contribution in [2.45, 2.75) is 39.3 Å². The van der Waals surface area contributed by atoms with Crippen molar-refractivity contribution in [3.8, 4) is 0 Å². The maximum Gasteiger partial charge on any atom is 0.337 e. The van der Waals surface area contributed by atoms with Crippen molar-refractivity contribution in [3.63, 3.8) is 0 Å². The number of rotatable bonds is 4. The van der Waals surface area contributed by atoms with Crippen LogP contribution in [0.4, 0.5) is 10.2 Å². The predicted octanol–water partition coefficient (Wildman–Crippen LogP) is 2.72. The molecule has 0 radical (unpaired) electrons. The summed E-state index contributed by atoms with van der Waals surface area (Å²) in [5.74, 6) is -1.04. The number of ether oxygens (including phenoxy) is 1. The van der Waals surface area contributed by atoms with Crippen LogP contribution < -0.4 is 4.90 Å². The molecule has 1 saturated heterocycles. The highest BCUT2D eigenvalue weighted by Gasteiger charge is 2.29. The largest absolute Gasteiger partial charge is 0.478 e. The van der Waals surface area contributed by atoms with Crippen LogP contribution in [0.15, 0.2) is 24.7 Å². The molecule has 1 atom stereocenters. The Morgan fingerprint density at radius 1 is 1.46 bits per heavy atom. The Morgan fingerprint density at radius 3 is 2.62 bits per heavy atom. The van der Waals surface area contributed by atoms with Gasteiger partial charge in [0.15, 0.2) is 17.5 Å². The topological polar surface area (TPSA) is 65.9 Å². The molecule has 1 aromatic heterocycles. The third-order valence-corrected chi connectivity index (χ3v) is 3.74. The van der Waals surface area contributed by atoms with Gasteiger partial charge in [-0.15, -0.1) is 0 Å². The number of hydrogen-bond acceptors (Lipinski definition) is 5. The van der Waals surface area contributed by atoms with E-state index in [2.05, 4.69) is 11.6 Å². The van der Waals surface area contributed by atoms with Crippen molar-refractivity contribution in [2.75, 3.05) is 24.5 Å². The van der Waals surface area contributed by atoms with Gasteiger partial charge in [0.2, 0.25) is 0 Å². The standard InChI is InChI=1S/C17H24FN3O3/c1-11-10-20(6-7-21(11)12(2)24-17(3,4)5)15-14(18)8-13(9-19-15)16(22)23/h8-9,11H,2,6-7,10H2,1,3-5H3,(H,22,23). The maximum absolute atomic E-state index is 14.2. The van der Waals surface area contributed by atoms with Gasteiger partial charge in [0, 0.05) is 31.9 Å². The Kier molecular flexibility index (Phi) is 5.01. The van der Waals surface area contributed by atoms with Gasteiger partial charge in [-0.1, -0.05) is 0 Å². The van der Waals surface area contributed by atoms with Gasteiger partial charge in [-0.2, -0.15) is 0 Å². The summed E-state index contributed by atoms with van der Waals surface area (Å²) in [5.41, 5.74) is -0.483. The molecule has 0 amide bonds. The number of carbonyl (C=O) groups is 1. The molecule has 1 N–H and O–H groups in total. The fourth-order valence-electron chi connectivity index (χ4n) is 2.71. The molecule has 0 spiro atoms. The van der Waals surface area contributed by atoms with Crippen LogP contribution in [-0.4, -0.2) is 52.2 Å². The average Bonchev–Trinajstić information content (AvgIpc) is 2.44. The van der Waals surface area contributed by atoms with Gasteiger partial charge in [0.25, 0.3) is 0 Å². The molecule has 0 aromatic carbocycles. The highest BCUT2D eigenvalue weighted by Crippen LogP contribution is 2.24. The molecule has 1 fully saturated rings. The number of carboxylic acid groups (broad SMARTS) is 1. The minimum Gasteiger partial charge on any atom is -0.478 e. The highest BCUT2D eigenvalue weighted by molar-refractivity contribution is 5.87. The third kappa shape index (κ3) is 4.15. The number of aromatic nitrogens is 1. The second-order valence-corrected chi connectivity index (χ2v) is 6.93. The first-order valence-corrected chi connectivity index (χ1v) is 7.87. The van der Waals surface area contributed by atoms with Crippen LogP contribution in [0.3, 0.4) is 0 Å². The molecule has 1 aliphatic rings. The van der Waals surface area contributed by atoms with Crippen molar-refractivity contribution in [3.05, 3.63) is 36.1 Å². The van der Waals surface area contributed by atoms with Crippen molar-refractivity contribution < 1.29 is 19.0 Å². The minimum absolute atomic E-state index is 0.0638. The first-order valence-electron chi connectivity index (χ1n) is 7.87. The summed E-state index contributed by atoms with van der Waals surface area (Å²) in [6.07, 6.45) is 1.18. The first-order chi connectivity index (χ1) is 11.1. The molecule has 6 nitrogen and oxygen atoms in total. The van der Waals surface area contributed by atoms with Crippen LogP contribution in [0.2, 0.25) is 0 Å². The maximum atomic E-state index is 14.2. The summed E-state index contributed by atoms with van der Waals surface area (Å²) in [7, 11) is 0. The summed E-state index contributed by atoms with van der Waals surface area (Å²) < 4.78 is 20.0. The van der Waals surface area contributed by atoms with Gasteiger partial charge >= 0.3 is 5.97 Å². The molecule has 1 aromatic rings. The number of anilines is 1. The summed E-state index contributed by atoms with van der Waals surface area (Å²) in [6, 6.07) is 1.07. The van der Waals surface area contributed by atoms with Crippen LogP contribution in [0.1, 0.15) is 38.1 Å². The van der Waals surface area contributed by atoms with Crippen LogP contribution >= 0.6 is 0 Å². The van der Waals surface area contributed by atoms with Gasteiger partial charge in [0.1, 0.15) is 5.60 Å². The Morgan fingerprint density at radius 2 is 2.12 bits per heavy atom. The number of hydrogen-bond donors (Lipinski definition) is 1. The lowest BCUT2D eigenvalue weighted by Crippen LogP contribution is -2.52. The Labute approximate surface area is 141 Å². The average molecular weight is 337 g/mol. The quantitative estimate of drug-likeness (QED) is 0.852. The van der Waals surface area contributed by atoms with Crippen molar-refractivity contribution >= 4 is 11.8 Å². The molecule has 1 unspecified atom stereocenters. The number of nitrogens with zero attached hydrogens (tertiary/aromatic N) is 3. The van der Waals surface area contributed by atoms with Gasteiger partial charge < -0.3 is 19.6 Å². The molecule has 2 rings (SSSR count). The molecule has 132 valence electrons. The predicted molar refractivity (Wildman–Crippen MR) is 89.5 cm³/mol. The monoisotopic (exact) mass is 337 g/mol. The fraction of sp³-hybridized carbons (Fsp3) is 0.529. The molecule has 0 bridgehead atoms. The van der Waals surface area contributed by atoms with E-state index in [1.54, 1.807) is 0 Å². The summed E-state index contributed by atoms with van der Waals surface area (Å²) in [4.78, 5) is 18.7. The second kappa shape index (κ2) is 6.67. The van der Waals surface area contributed by atoms with E-state index in [0.717, 1.165) is 6.07 Å². The molecule has 0 aliphatic carbocycles. The highest BCUT2D eigenvalue weighted by atomic mass is 19.1. The number of halogens is 1. The van der Waals surface area contributed by atoms with E-state index in [9.17, 15) is 9.18 Å². The van der Waals surface area contributed by atoms with Gasteiger partial charge in [-0.25, -0.2) is 14.2 Å². The van der Waals surface area contributed by atoms with E-state index in [-0.39, 0.29) is 23.0 Å². The lowest BCUT2D eigenvalue weighted by Gasteiger charge is -2.43. The fourth-order valence-corrected chi connectivity index (χ4v) is 2.71. The number of carboxylic acids is 1. The zero-order valence-electron chi connectivity index (χ0n) is 14.5. The Balaban J connectivity index is 2.08. The van der Waals surface area contributed by atoms with Crippen molar-refractivity contribution in [1.29, 1.82) is 0 Å². The molecule has 0 saturated carbocycles. The molecule has 7 heteroatoms. The van der Waals surface area contributed by atoms with E-state index >= 15 is 0 Å². The third-order valence-electron chi connectivity index (χ3n) is 3.74. The number of pyridine rings is 1. The molecular weight excluding hydrogens is 313 g/mol. The van der Waals surface area contributed by atoms with Crippen molar-refractivity contribution in [1.82, 2.24) is 9.88 Å². The normalized spacial score (nSPS) is 18.5. The smallest absolute Gasteiger partial charge is 0.337 e. The second-order valence-electron chi connectivity index (χ2n) is 6.93. The van der Waals surface area contributed by atoms with E-state index in [0.29, 0.717) is 25.5 Å². The first kappa shape index (κ1) is 18.0. The molecule has 1 aliphatic heterocycles. The van der Waals surface area contributed by atoms with Crippen molar-refractivity contribution in [2.24, 2.45) is 0 Å².